The maximum atomic E-state index is 13.7. The molecule has 1 saturated heterocycles. The van der Waals surface area contributed by atoms with Crippen molar-refractivity contribution in [1.29, 1.82) is 0 Å². The number of ketones is 1. The van der Waals surface area contributed by atoms with E-state index in [-0.39, 0.29) is 11.7 Å². The van der Waals surface area contributed by atoms with Gasteiger partial charge in [0.25, 0.3) is 0 Å². The van der Waals surface area contributed by atoms with Crippen molar-refractivity contribution >= 4 is 16.8 Å². The average Bonchev–Trinajstić information content (AvgIpc) is 3.17. The quantitative estimate of drug-likeness (QED) is 0.642. The number of aromatic nitrogens is 2. The number of nitrogens with zero attached hydrogens (tertiary/aromatic N) is 3. The van der Waals surface area contributed by atoms with E-state index in [0.29, 0.717) is 24.4 Å². The first kappa shape index (κ1) is 17.6. The van der Waals surface area contributed by atoms with Gasteiger partial charge in [-0.3, -0.25) is 9.69 Å². The first-order chi connectivity index (χ1) is 13.2. The fraction of sp³-hybridized carbons (Fsp3) is 0.350. The van der Waals surface area contributed by atoms with Gasteiger partial charge in [0.15, 0.2) is 5.78 Å². The van der Waals surface area contributed by atoms with E-state index < -0.39 is 5.82 Å². The SMILES string of the molecule is COc1ccc(F)cc1C(=O)[C@@H]1CCCN(Cc2cccc3nonc23)C1. The Morgan fingerprint density at radius 1 is 1.33 bits per heavy atom. The molecule has 1 aliphatic rings. The summed E-state index contributed by atoms with van der Waals surface area (Å²) in [5, 5.41) is 7.85. The molecule has 0 unspecified atom stereocenters. The summed E-state index contributed by atoms with van der Waals surface area (Å²) < 4.78 is 23.7. The largest absolute Gasteiger partial charge is 0.496 e. The van der Waals surface area contributed by atoms with Crippen LogP contribution in [0.25, 0.3) is 11.0 Å². The standard InChI is InChI=1S/C20H20FN3O3/c1-26-18-8-7-15(21)10-16(18)20(25)14-5-3-9-24(12-14)11-13-4-2-6-17-19(13)23-27-22-17/h2,4,6-8,10,14H,3,5,9,11-12H2,1H3/t14-/m1/s1. The lowest BCUT2D eigenvalue weighted by molar-refractivity contribution is 0.0808. The number of ether oxygens (including phenoxy) is 1. The zero-order valence-corrected chi connectivity index (χ0v) is 15.0. The fourth-order valence-corrected chi connectivity index (χ4v) is 3.74. The lowest BCUT2D eigenvalue weighted by atomic mass is 9.89. The van der Waals surface area contributed by atoms with Gasteiger partial charge >= 0.3 is 0 Å². The van der Waals surface area contributed by atoms with E-state index >= 15 is 0 Å². The number of hydrogen-bond donors (Lipinski definition) is 0. The summed E-state index contributed by atoms with van der Waals surface area (Å²) in [6.07, 6.45) is 1.69. The maximum absolute atomic E-state index is 13.7. The highest BCUT2D eigenvalue weighted by Gasteiger charge is 2.29. The predicted octanol–water partition coefficient (Wildman–Crippen LogP) is 3.47. The Morgan fingerprint density at radius 3 is 3.07 bits per heavy atom. The summed E-state index contributed by atoms with van der Waals surface area (Å²) in [5.41, 5.74) is 2.80. The summed E-state index contributed by atoms with van der Waals surface area (Å²) in [6.45, 7) is 2.17. The molecule has 2 aromatic carbocycles. The minimum atomic E-state index is -0.433. The fourth-order valence-electron chi connectivity index (χ4n) is 3.74. The van der Waals surface area contributed by atoms with E-state index in [4.69, 9.17) is 9.37 Å². The zero-order chi connectivity index (χ0) is 18.8. The summed E-state index contributed by atoms with van der Waals surface area (Å²) >= 11 is 0. The van der Waals surface area contributed by atoms with Crippen LogP contribution in [0, 0.1) is 11.7 Å². The van der Waals surface area contributed by atoms with Gasteiger partial charge in [0.2, 0.25) is 0 Å². The van der Waals surface area contributed by atoms with Crippen LogP contribution in [0.3, 0.4) is 0 Å². The second-order valence-corrected chi connectivity index (χ2v) is 6.83. The maximum Gasteiger partial charge on any atom is 0.171 e. The monoisotopic (exact) mass is 369 g/mol. The second-order valence-electron chi connectivity index (χ2n) is 6.83. The van der Waals surface area contributed by atoms with Gasteiger partial charge in [0, 0.05) is 19.0 Å². The average molecular weight is 369 g/mol. The van der Waals surface area contributed by atoms with Crippen molar-refractivity contribution in [1.82, 2.24) is 15.2 Å². The molecule has 27 heavy (non-hydrogen) atoms. The van der Waals surface area contributed by atoms with E-state index in [1.807, 2.05) is 18.2 Å². The number of rotatable bonds is 5. The van der Waals surface area contributed by atoms with Gasteiger partial charge in [0.05, 0.1) is 12.7 Å². The lowest BCUT2D eigenvalue weighted by Gasteiger charge is -2.32. The second kappa shape index (κ2) is 7.44. The topological polar surface area (TPSA) is 68.5 Å². The Balaban J connectivity index is 1.52. The number of benzene rings is 2. The van der Waals surface area contributed by atoms with Gasteiger partial charge in [-0.25, -0.2) is 9.02 Å². The van der Waals surface area contributed by atoms with Crippen molar-refractivity contribution in [3.05, 3.63) is 53.3 Å². The first-order valence-electron chi connectivity index (χ1n) is 8.96. The third kappa shape index (κ3) is 3.55. The van der Waals surface area contributed by atoms with Gasteiger partial charge in [-0.2, -0.15) is 0 Å². The number of carbonyl (C=O) groups is 1. The van der Waals surface area contributed by atoms with E-state index in [1.54, 1.807) is 0 Å². The Labute approximate surface area is 155 Å². The van der Waals surface area contributed by atoms with Crippen molar-refractivity contribution < 1.29 is 18.6 Å². The van der Waals surface area contributed by atoms with E-state index in [2.05, 4.69) is 15.2 Å². The van der Waals surface area contributed by atoms with Crippen LogP contribution in [0.2, 0.25) is 0 Å². The molecule has 0 amide bonds. The lowest BCUT2D eigenvalue weighted by Crippen LogP contribution is -2.38. The van der Waals surface area contributed by atoms with Crippen LogP contribution < -0.4 is 4.74 Å². The molecule has 6 nitrogen and oxygen atoms in total. The summed E-state index contributed by atoms with van der Waals surface area (Å²) in [5.74, 6) is -0.282. The molecule has 1 atom stereocenters. The van der Waals surface area contributed by atoms with Crippen molar-refractivity contribution in [2.45, 2.75) is 19.4 Å². The van der Waals surface area contributed by atoms with Crippen LogP contribution in [0.15, 0.2) is 41.0 Å². The van der Waals surface area contributed by atoms with Gasteiger partial charge in [-0.1, -0.05) is 12.1 Å². The number of fused-ring (bicyclic) bond motifs is 1. The molecule has 1 fully saturated rings. The molecule has 0 aliphatic carbocycles. The molecule has 1 aliphatic heterocycles. The van der Waals surface area contributed by atoms with Crippen LogP contribution >= 0.6 is 0 Å². The zero-order valence-electron chi connectivity index (χ0n) is 15.0. The minimum Gasteiger partial charge on any atom is -0.496 e. The molecular weight excluding hydrogens is 349 g/mol. The van der Waals surface area contributed by atoms with Crippen molar-refractivity contribution in [2.24, 2.45) is 5.92 Å². The number of piperidine rings is 1. The molecule has 0 N–H and O–H groups in total. The van der Waals surface area contributed by atoms with Gasteiger partial charge in [0.1, 0.15) is 22.6 Å². The third-order valence-electron chi connectivity index (χ3n) is 5.07. The van der Waals surface area contributed by atoms with Gasteiger partial charge in [-0.05, 0) is 59.5 Å². The van der Waals surface area contributed by atoms with Crippen molar-refractivity contribution in [3.8, 4) is 5.75 Å². The van der Waals surface area contributed by atoms with Crippen molar-refractivity contribution in [2.75, 3.05) is 20.2 Å². The Kier molecular flexibility index (Phi) is 4.85. The van der Waals surface area contributed by atoms with E-state index in [9.17, 15) is 9.18 Å². The molecule has 0 bridgehead atoms. The molecule has 0 saturated carbocycles. The van der Waals surface area contributed by atoms with Crippen molar-refractivity contribution in [3.63, 3.8) is 0 Å². The molecule has 0 radical (unpaired) electrons. The summed E-state index contributed by atoms with van der Waals surface area (Å²) in [6, 6.07) is 9.84. The van der Waals surface area contributed by atoms with Crippen LogP contribution in [-0.2, 0) is 6.54 Å². The number of likely N-dealkylation sites (tertiary alicyclic amines) is 1. The molecule has 1 aromatic heterocycles. The summed E-state index contributed by atoms with van der Waals surface area (Å²) in [7, 11) is 1.49. The number of Topliss-reactive ketones (excluding diaryl/α,β-unsaturated/α-hetero) is 1. The van der Waals surface area contributed by atoms with Gasteiger partial charge < -0.3 is 4.74 Å². The molecule has 0 spiro atoms. The molecule has 140 valence electrons. The molecule has 2 heterocycles. The van der Waals surface area contributed by atoms with Gasteiger partial charge in [-0.15, -0.1) is 0 Å². The number of methoxy groups -OCH3 is 1. The van der Waals surface area contributed by atoms with Crippen LogP contribution in [0.1, 0.15) is 28.8 Å². The van der Waals surface area contributed by atoms with Crippen LogP contribution in [0.5, 0.6) is 5.75 Å². The molecular formula is C20H20FN3O3. The number of halogens is 1. The third-order valence-corrected chi connectivity index (χ3v) is 5.07. The number of hydrogen-bond acceptors (Lipinski definition) is 6. The first-order valence-corrected chi connectivity index (χ1v) is 8.96. The molecule has 3 aromatic rings. The van der Waals surface area contributed by atoms with Crippen LogP contribution in [0.4, 0.5) is 4.39 Å². The summed E-state index contributed by atoms with van der Waals surface area (Å²) in [4.78, 5) is 15.2. The Morgan fingerprint density at radius 2 is 2.22 bits per heavy atom. The highest BCUT2D eigenvalue weighted by molar-refractivity contribution is 6.00. The molecule has 7 heteroatoms. The normalized spacial score (nSPS) is 17.9. The van der Waals surface area contributed by atoms with Crippen LogP contribution in [-0.4, -0.2) is 41.2 Å². The van der Waals surface area contributed by atoms with E-state index in [1.165, 1.54) is 25.3 Å². The predicted molar refractivity (Wildman–Crippen MR) is 97.1 cm³/mol. The highest BCUT2D eigenvalue weighted by atomic mass is 19.1. The van der Waals surface area contributed by atoms with E-state index in [0.717, 1.165) is 36.0 Å². The number of carbonyl (C=O) groups excluding carboxylic acids is 1. The minimum absolute atomic E-state index is 0.0719. The highest BCUT2D eigenvalue weighted by Crippen LogP contribution is 2.28. The smallest absolute Gasteiger partial charge is 0.171 e. The Hall–Kier alpha value is -2.80. The molecule has 4 rings (SSSR count). The Bertz CT molecular complexity index is 972.